The van der Waals surface area contributed by atoms with Gasteiger partial charge in [-0.05, 0) is 83.5 Å². The van der Waals surface area contributed by atoms with Gasteiger partial charge >= 0.3 is 11.9 Å². The van der Waals surface area contributed by atoms with E-state index in [1.54, 1.807) is 0 Å². The Hall–Kier alpha value is -2.66. The SMILES string of the molecule is CC/C=C\C/C=C\C/C=C\C/C=C\C/C=C\CCCC(=O)OCC(COCCCCCCCCCC/C=C\CCCCCCCC)OC(=O)CCCCCCCCCCCCCCC. The Labute approximate surface area is 397 Å². The molecule has 370 valence electrons. The van der Waals surface area contributed by atoms with E-state index in [1.807, 2.05) is 0 Å². The third kappa shape index (κ3) is 52.0. The summed E-state index contributed by atoms with van der Waals surface area (Å²) in [6.45, 7) is 7.67. The monoisotopic (exact) mass is 893 g/mol. The molecule has 0 saturated carbocycles. The standard InChI is InChI=1S/C59H104O5/c1-4-7-10-13-16-19-22-25-27-29-31-33-36-39-42-45-48-51-54-62-55-57(64-59(61)53-50-47-44-41-38-34-24-21-18-15-12-9-6-3)56-63-58(60)52-49-46-43-40-37-35-32-30-28-26-23-20-17-14-11-8-5-2/h8,11,17,20,25-28,32,35,40,43,57H,4-7,9-10,12-16,18-19,21-24,29-31,33-34,36-39,41-42,44-56H2,1-3H3/b11-8-,20-17-,27-25-,28-26-,35-32-,43-40-. The number of rotatable bonds is 50. The first-order valence-electron chi connectivity index (χ1n) is 27.5. The second kappa shape index (κ2) is 54.7. The summed E-state index contributed by atoms with van der Waals surface area (Å²) in [5.41, 5.74) is 0. The van der Waals surface area contributed by atoms with Crippen LogP contribution in [0.25, 0.3) is 0 Å². The highest BCUT2D eigenvalue weighted by molar-refractivity contribution is 5.70. The maximum atomic E-state index is 12.8. The van der Waals surface area contributed by atoms with E-state index in [-0.39, 0.29) is 25.2 Å². The van der Waals surface area contributed by atoms with E-state index in [4.69, 9.17) is 14.2 Å². The molecule has 0 aliphatic carbocycles. The predicted octanol–water partition coefficient (Wildman–Crippen LogP) is 18.7. The van der Waals surface area contributed by atoms with Crippen LogP contribution in [0.5, 0.6) is 0 Å². The van der Waals surface area contributed by atoms with E-state index < -0.39 is 6.10 Å². The largest absolute Gasteiger partial charge is 0.462 e. The van der Waals surface area contributed by atoms with Crippen molar-refractivity contribution in [2.45, 2.75) is 271 Å². The van der Waals surface area contributed by atoms with Gasteiger partial charge in [-0.3, -0.25) is 9.59 Å². The first-order valence-corrected chi connectivity index (χ1v) is 27.5. The van der Waals surface area contributed by atoms with Gasteiger partial charge in [0.1, 0.15) is 6.61 Å². The molecule has 5 nitrogen and oxygen atoms in total. The predicted molar refractivity (Wildman–Crippen MR) is 279 cm³/mol. The lowest BCUT2D eigenvalue weighted by atomic mass is 10.0. The van der Waals surface area contributed by atoms with Gasteiger partial charge in [0, 0.05) is 19.4 Å². The number of hydrogen-bond donors (Lipinski definition) is 0. The summed E-state index contributed by atoms with van der Waals surface area (Å²) in [7, 11) is 0. The van der Waals surface area contributed by atoms with Gasteiger partial charge in [0.15, 0.2) is 6.10 Å². The molecular weight excluding hydrogens is 789 g/mol. The number of ether oxygens (including phenoxy) is 3. The molecule has 1 atom stereocenters. The Kier molecular flexibility index (Phi) is 52.4. The van der Waals surface area contributed by atoms with Crippen LogP contribution in [0.15, 0.2) is 72.9 Å². The second-order valence-corrected chi connectivity index (χ2v) is 18.1. The lowest BCUT2D eigenvalue weighted by Crippen LogP contribution is -2.30. The van der Waals surface area contributed by atoms with Crippen molar-refractivity contribution in [3.05, 3.63) is 72.9 Å². The minimum absolute atomic E-state index is 0.0553. The lowest BCUT2D eigenvalue weighted by molar-refractivity contribution is -0.163. The van der Waals surface area contributed by atoms with Crippen LogP contribution in [-0.4, -0.2) is 37.9 Å². The number of carbonyl (C=O) groups excluding carboxylic acids is 2. The van der Waals surface area contributed by atoms with Gasteiger partial charge in [-0.15, -0.1) is 0 Å². The van der Waals surface area contributed by atoms with Crippen molar-refractivity contribution in [3.8, 4) is 0 Å². The van der Waals surface area contributed by atoms with E-state index >= 15 is 0 Å². The summed E-state index contributed by atoms with van der Waals surface area (Å²) in [4.78, 5) is 25.4. The molecule has 0 N–H and O–H groups in total. The van der Waals surface area contributed by atoms with Crippen molar-refractivity contribution in [2.24, 2.45) is 0 Å². The zero-order valence-corrected chi connectivity index (χ0v) is 42.5. The van der Waals surface area contributed by atoms with Crippen LogP contribution in [0.4, 0.5) is 0 Å². The van der Waals surface area contributed by atoms with Gasteiger partial charge in [0.25, 0.3) is 0 Å². The summed E-state index contributed by atoms with van der Waals surface area (Å²) in [6, 6.07) is 0. The van der Waals surface area contributed by atoms with Crippen LogP contribution in [0.3, 0.4) is 0 Å². The maximum Gasteiger partial charge on any atom is 0.306 e. The molecule has 0 aromatic rings. The fourth-order valence-corrected chi connectivity index (χ4v) is 7.66. The van der Waals surface area contributed by atoms with Crippen LogP contribution in [0.2, 0.25) is 0 Å². The molecule has 0 amide bonds. The van der Waals surface area contributed by atoms with Crippen molar-refractivity contribution in [1.29, 1.82) is 0 Å². The van der Waals surface area contributed by atoms with Gasteiger partial charge in [0.05, 0.1) is 6.61 Å². The molecule has 0 aliphatic heterocycles. The molecule has 0 fully saturated rings. The van der Waals surface area contributed by atoms with Crippen LogP contribution in [0.1, 0.15) is 265 Å². The second-order valence-electron chi connectivity index (χ2n) is 18.1. The Morgan fingerprint density at radius 1 is 0.359 bits per heavy atom. The third-order valence-electron chi connectivity index (χ3n) is 11.7. The molecule has 0 saturated heterocycles. The molecule has 64 heavy (non-hydrogen) atoms. The van der Waals surface area contributed by atoms with Crippen molar-refractivity contribution < 1.29 is 23.8 Å². The molecule has 0 rings (SSSR count). The highest BCUT2D eigenvalue weighted by Gasteiger charge is 2.17. The molecule has 0 radical (unpaired) electrons. The summed E-state index contributed by atoms with van der Waals surface area (Å²) in [5, 5.41) is 0. The highest BCUT2D eigenvalue weighted by Crippen LogP contribution is 2.15. The van der Waals surface area contributed by atoms with Gasteiger partial charge in [-0.1, -0.05) is 241 Å². The molecule has 0 spiro atoms. The molecule has 1 unspecified atom stereocenters. The number of hydrogen-bond acceptors (Lipinski definition) is 5. The van der Waals surface area contributed by atoms with Crippen molar-refractivity contribution in [3.63, 3.8) is 0 Å². The number of esters is 2. The van der Waals surface area contributed by atoms with Crippen LogP contribution in [0, 0.1) is 0 Å². The van der Waals surface area contributed by atoms with Crippen LogP contribution < -0.4 is 0 Å². The van der Waals surface area contributed by atoms with Gasteiger partial charge in [-0.2, -0.15) is 0 Å². The fourth-order valence-electron chi connectivity index (χ4n) is 7.66. The first-order chi connectivity index (χ1) is 31.6. The van der Waals surface area contributed by atoms with E-state index in [9.17, 15) is 9.59 Å². The average molecular weight is 893 g/mol. The Morgan fingerprint density at radius 3 is 1.19 bits per heavy atom. The quantitative estimate of drug-likeness (QED) is 0.0346. The van der Waals surface area contributed by atoms with Crippen LogP contribution in [-0.2, 0) is 23.8 Å². The summed E-state index contributed by atoms with van der Waals surface area (Å²) in [5.74, 6) is -0.458. The summed E-state index contributed by atoms with van der Waals surface area (Å²) < 4.78 is 17.4. The fraction of sp³-hybridized carbons (Fsp3) is 0.763. The van der Waals surface area contributed by atoms with Crippen molar-refractivity contribution in [2.75, 3.05) is 19.8 Å². The molecule has 0 bridgehead atoms. The Morgan fingerprint density at radius 2 is 0.719 bits per heavy atom. The molecule has 0 heterocycles. The minimum atomic E-state index is -0.560. The van der Waals surface area contributed by atoms with Crippen LogP contribution >= 0.6 is 0 Å². The minimum Gasteiger partial charge on any atom is -0.462 e. The summed E-state index contributed by atoms with van der Waals surface area (Å²) >= 11 is 0. The van der Waals surface area contributed by atoms with Crippen molar-refractivity contribution >= 4 is 11.9 Å². The zero-order chi connectivity index (χ0) is 46.3. The van der Waals surface area contributed by atoms with Gasteiger partial charge in [-0.25, -0.2) is 0 Å². The van der Waals surface area contributed by atoms with E-state index in [0.717, 1.165) is 70.6 Å². The molecular formula is C59H104O5. The van der Waals surface area contributed by atoms with E-state index in [0.29, 0.717) is 19.4 Å². The smallest absolute Gasteiger partial charge is 0.306 e. The summed E-state index contributed by atoms with van der Waals surface area (Å²) in [6.07, 6.45) is 70.6. The Balaban J connectivity index is 4.33. The maximum absolute atomic E-state index is 12.8. The van der Waals surface area contributed by atoms with Crippen molar-refractivity contribution in [1.82, 2.24) is 0 Å². The Bertz CT molecular complexity index is 1150. The number of carbonyl (C=O) groups is 2. The third-order valence-corrected chi connectivity index (χ3v) is 11.7. The van der Waals surface area contributed by atoms with E-state index in [2.05, 4.69) is 93.7 Å². The molecule has 5 heteroatoms. The highest BCUT2D eigenvalue weighted by atomic mass is 16.6. The number of unbranched alkanes of at least 4 members (excludes halogenated alkanes) is 27. The van der Waals surface area contributed by atoms with Gasteiger partial charge < -0.3 is 14.2 Å². The lowest BCUT2D eigenvalue weighted by Gasteiger charge is -2.18. The average Bonchev–Trinajstić information content (AvgIpc) is 3.30. The van der Waals surface area contributed by atoms with E-state index in [1.165, 1.54) is 161 Å². The topological polar surface area (TPSA) is 61.8 Å². The van der Waals surface area contributed by atoms with Gasteiger partial charge in [0.2, 0.25) is 0 Å². The molecule has 0 aliphatic rings. The number of allylic oxidation sites excluding steroid dienone is 12. The normalized spacial score (nSPS) is 12.7. The zero-order valence-electron chi connectivity index (χ0n) is 42.5. The first kappa shape index (κ1) is 61.3. The molecule has 0 aromatic heterocycles. The molecule has 0 aromatic carbocycles.